The molecule has 3 heteroatoms. The van der Waals surface area contributed by atoms with Crippen molar-refractivity contribution in [3.05, 3.63) is 47.5 Å². The molecule has 1 aromatic rings. The molecule has 110 valence electrons. The Hall–Kier alpha value is -1.92. The van der Waals surface area contributed by atoms with Gasteiger partial charge in [0.1, 0.15) is 0 Å². The quantitative estimate of drug-likeness (QED) is 0.715. The van der Waals surface area contributed by atoms with E-state index in [9.17, 15) is 4.79 Å². The predicted octanol–water partition coefficient (Wildman–Crippen LogP) is 3.80. The van der Waals surface area contributed by atoms with Crippen molar-refractivity contribution in [2.75, 3.05) is 6.61 Å². The molecule has 1 atom stereocenters. The smallest absolute Gasteiger partial charge is 0.158 e. The van der Waals surface area contributed by atoms with E-state index in [2.05, 4.69) is 6.07 Å². The standard InChI is InChI=1S/C18H21NO2/c19-11-5-4-8-17-10-9-16(12-18(17)20)14-21-13-15-6-2-1-3-7-15/h1-3,6-7,10,16H,4-5,8-9,12-14H2. The average Bonchev–Trinajstić information content (AvgIpc) is 2.51. The van der Waals surface area contributed by atoms with Gasteiger partial charge < -0.3 is 4.74 Å². The van der Waals surface area contributed by atoms with Crippen molar-refractivity contribution in [1.82, 2.24) is 0 Å². The van der Waals surface area contributed by atoms with Crippen LogP contribution in [0.15, 0.2) is 42.0 Å². The second-order valence-corrected chi connectivity index (χ2v) is 5.47. The summed E-state index contributed by atoms with van der Waals surface area (Å²) in [7, 11) is 0. The summed E-state index contributed by atoms with van der Waals surface area (Å²) in [5.74, 6) is 0.522. The van der Waals surface area contributed by atoms with Crippen molar-refractivity contribution in [3.8, 4) is 6.07 Å². The van der Waals surface area contributed by atoms with Crippen molar-refractivity contribution in [2.45, 2.75) is 38.7 Å². The third-order valence-corrected chi connectivity index (χ3v) is 3.73. The van der Waals surface area contributed by atoms with Crippen LogP contribution in [0, 0.1) is 17.2 Å². The number of hydrogen-bond donors (Lipinski definition) is 0. The number of ether oxygens (including phenoxy) is 1. The molecule has 0 saturated carbocycles. The molecule has 0 saturated heterocycles. The van der Waals surface area contributed by atoms with E-state index in [1.807, 2.05) is 36.4 Å². The van der Waals surface area contributed by atoms with Gasteiger partial charge in [-0.3, -0.25) is 4.79 Å². The van der Waals surface area contributed by atoms with Crippen LogP contribution < -0.4 is 0 Å². The summed E-state index contributed by atoms with van der Waals surface area (Å²) in [4.78, 5) is 12.0. The molecule has 1 aliphatic carbocycles. The van der Waals surface area contributed by atoms with E-state index >= 15 is 0 Å². The fraction of sp³-hybridized carbons (Fsp3) is 0.444. The highest BCUT2D eigenvalue weighted by molar-refractivity contribution is 5.96. The summed E-state index contributed by atoms with van der Waals surface area (Å²) >= 11 is 0. The van der Waals surface area contributed by atoms with Gasteiger partial charge in [-0.1, -0.05) is 36.4 Å². The zero-order chi connectivity index (χ0) is 14.9. The lowest BCUT2D eigenvalue weighted by atomic mass is 9.87. The highest BCUT2D eigenvalue weighted by Crippen LogP contribution is 2.24. The van der Waals surface area contributed by atoms with Gasteiger partial charge in [0, 0.05) is 12.8 Å². The molecular weight excluding hydrogens is 262 g/mol. The Morgan fingerprint density at radius 3 is 2.81 bits per heavy atom. The molecule has 1 aromatic carbocycles. The monoisotopic (exact) mass is 283 g/mol. The normalized spacial score (nSPS) is 18.1. The molecule has 0 spiro atoms. The lowest BCUT2D eigenvalue weighted by molar-refractivity contribution is -0.117. The van der Waals surface area contributed by atoms with Gasteiger partial charge in [0.05, 0.1) is 19.3 Å². The van der Waals surface area contributed by atoms with Gasteiger partial charge in [0.15, 0.2) is 5.78 Å². The van der Waals surface area contributed by atoms with Crippen LogP contribution in [0.5, 0.6) is 0 Å². The average molecular weight is 283 g/mol. The Bertz CT molecular complexity index is 528. The number of hydrogen-bond acceptors (Lipinski definition) is 3. The summed E-state index contributed by atoms with van der Waals surface area (Å²) in [6, 6.07) is 12.2. The van der Waals surface area contributed by atoms with Crippen LogP contribution in [0.3, 0.4) is 0 Å². The third-order valence-electron chi connectivity index (χ3n) is 3.73. The number of unbranched alkanes of at least 4 members (excludes halogenated alkanes) is 1. The van der Waals surface area contributed by atoms with Crippen molar-refractivity contribution in [2.24, 2.45) is 5.92 Å². The molecular formula is C18H21NO2. The molecule has 0 aliphatic heterocycles. The minimum Gasteiger partial charge on any atom is -0.376 e. The Kier molecular flexibility index (Phi) is 6.18. The van der Waals surface area contributed by atoms with Gasteiger partial charge in [-0.15, -0.1) is 0 Å². The van der Waals surface area contributed by atoms with Crippen LogP contribution in [-0.2, 0) is 16.1 Å². The number of nitrogens with zero attached hydrogens (tertiary/aromatic N) is 1. The first-order valence-corrected chi connectivity index (χ1v) is 7.50. The molecule has 0 fully saturated rings. The molecule has 3 nitrogen and oxygen atoms in total. The van der Waals surface area contributed by atoms with E-state index in [0.717, 1.165) is 30.4 Å². The summed E-state index contributed by atoms with van der Waals surface area (Å²) in [5, 5.41) is 8.52. The lowest BCUT2D eigenvalue weighted by Gasteiger charge is -2.20. The van der Waals surface area contributed by atoms with E-state index in [1.165, 1.54) is 0 Å². The summed E-state index contributed by atoms with van der Waals surface area (Å²) < 4.78 is 5.72. The van der Waals surface area contributed by atoms with Crippen molar-refractivity contribution in [1.29, 1.82) is 5.26 Å². The number of ketones is 1. The summed E-state index contributed by atoms with van der Waals surface area (Å²) in [5.41, 5.74) is 2.07. The molecule has 0 N–H and O–H groups in total. The van der Waals surface area contributed by atoms with E-state index in [1.54, 1.807) is 0 Å². The van der Waals surface area contributed by atoms with Gasteiger partial charge in [-0.05, 0) is 36.3 Å². The first-order chi connectivity index (χ1) is 10.3. The number of carbonyl (C=O) groups is 1. The number of carbonyl (C=O) groups excluding carboxylic acids is 1. The topological polar surface area (TPSA) is 50.1 Å². The zero-order valence-electron chi connectivity index (χ0n) is 12.3. The third kappa shape index (κ3) is 5.17. The Labute approximate surface area is 126 Å². The molecule has 0 heterocycles. The molecule has 0 aromatic heterocycles. The van der Waals surface area contributed by atoms with E-state index in [0.29, 0.717) is 32.0 Å². The Morgan fingerprint density at radius 2 is 2.10 bits per heavy atom. The molecule has 0 radical (unpaired) electrons. The largest absolute Gasteiger partial charge is 0.376 e. The van der Waals surface area contributed by atoms with Crippen LogP contribution in [0.4, 0.5) is 0 Å². The minimum absolute atomic E-state index is 0.229. The molecule has 21 heavy (non-hydrogen) atoms. The van der Waals surface area contributed by atoms with Crippen LogP contribution in [-0.4, -0.2) is 12.4 Å². The second-order valence-electron chi connectivity index (χ2n) is 5.47. The van der Waals surface area contributed by atoms with Crippen LogP contribution in [0.25, 0.3) is 0 Å². The SMILES string of the molecule is N#CCCCC1=CCC(COCc2ccccc2)CC1=O. The summed E-state index contributed by atoms with van der Waals surface area (Å²) in [6.07, 6.45) is 5.57. The van der Waals surface area contributed by atoms with E-state index in [4.69, 9.17) is 10.00 Å². The Balaban J connectivity index is 1.72. The number of Topliss-reactive ketones (excluding diaryl/α,β-unsaturated/α-hetero) is 1. The maximum absolute atomic E-state index is 12.0. The molecule has 2 rings (SSSR count). The molecule has 1 unspecified atom stereocenters. The minimum atomic E-state index is 0.229. The van der Waals surface area contributed by atoms with E-state index < -0.39 is 0 Å². The molecule has 0 bridgehead atoms. The highest BCUT2D eigenvalue weighted by Gasteiger charge is 2.21. The van der Waals surface area contributed by atoms with Gasteiger partial charge in [-0.25, -0.2) is 0 Å². The van der Waals surface area contributed by atoms with Gasteiger partial charge >= 0.3 is 0 Å². The van der Waals surface area contributed by atoms with Crippen LogP contribution in [0.1, 0.15) is 37.7 Å². The molecule has 0 amide bonds. The van der Waals surface area contributed by atoms with Gasteiger partial charge in [-0.2, -0.15) is 5.26 Å². The van der Waals surface area contributed by atoms with Crippen molar-refractivity contribution >= 4 is 5.78 Å². The Morgan fingerprint density at radius 1 is 1.29 bits per heavy atom. The number of benzene rings is 1. The van der Waals surface area contributed by atoms with E-state index in [-0.39, 0.29) is 5.78 Å². The van der Waals surface area contributed by atoms with Gasteiger partial charge in [0.25, 0.3) is 0 Å². The first kappa shape index (κ1) is 15.5. The first-order valence-electron chi connectivity index (χ1n) is 7.50. The fourth-order valence-electron chi connectivity index (χ4n) is 2.54. The van der Waals surface area contributed by atoms with Crippen LogP contribution in [0.2, 0.25) is 0 Å². The summed E-state index contributed by atoms with van der Waals surface area (Å²) in [6.45, 7) is 1.23. The lowest BCUT2D eigenvalue weighted by Crippen LogP contribution is -2.20. The second kappa shape index (κ2) is 8.39. The van der Waals surface area contributed by atoms with Crippen molar-refractivity contribution < 1.29 is 9.53 Å². The predicted molar refractivity (Wildman–Crippen MR) is 81.4 cm³/mol. The molecule has 1 aliphatic rings. The maximum atomic E-state index is 12.0. The fourth-order valence-corrected chi connectivity index (χ4v) is 2.54. The van der Waals surface area contributed by atoms with Crippen molar-refractivity contribution in [3.63, 3.8) is 0 Å². The number of rotatable bonds is 7. The van der Waals surface area contributed by atoms with Crippen LogP contribution >= 0.6 is 0 Å². The highest BCUT2D eigenvalue weighted by atomic mass is 16.5. The maximum Gasteiger partial charge on any atom is 0.158 e. The van der Waals surface area contributed by atoms with Gasteiger partial charge in [0.2, 0.25) is 0 Å². The number of nitriles is 1. The zero-order valence-corrected chi connectivity index (χ0v) is 12.3. The number of allylic oxidation sites excluding steroid dienone is 2.